The van der Waals surface area contributed by atoms with Crippen LogP contribution in [0.4, 0.5) is 0 Å². The molecule has 0 saturated carbocycles. The molecule has 1 N–H and O–H groups in total. The number of rotatable bonds is 7. The molecule has 0 radical (unpaired) electrons. The van der Waals surface area contributed by atoms with Crippen LogP contribution in [0.1, 0.15) is 18.7 Å². The molecule has 0 amide bonds. The van der Waals surface area contributed by atoms with Gasteiger partial charge in [-0.25, -0.2) is 4.98 Å². The van der Waals surface area contributed by atoms with Crippen LogP contribution in [0.5, 0.6) is 0 Å². The van der Waals surface area contributed by atoms with Crippen LogP contribution in [0.15, 0.2) is 28.2 Å². The molecule has 0 atom stereocenters. The minimum Gasteiger partial charge on any atom is -0.303 e. The van der Waals surface area contributed by atoms with Gasteiger partial charge in [-0.3, -0.25) is 4.79 Å². The summed E-state index contributed by atoms with van der Waals surface area (Å²) in [5.41, 5.74) is 1.64. The van der Waals surface area contributed by atoms with Gasteiger partial charge in [-0.15, -0.1) is 11.3 Å². The van der Waals surface area contributed by atoms with Crippen molar-refractivity contribution in [2.75, 3.05) is 25.4 Å². The van der Waals surface area contributed by atoms with Crippen LogP contribution < -0.4 is 5.56 Å². The van der Waals surface area contributed by atoms with Crippen molar-refractivity contribution in [2.45, 2.75) is 25.9 Å². The Bertz CT molecular complexity index is 1010. The lowest BCUT2D eigenvalue weighted by Gasteiger charge is -2.16. The van der Waals surface area contributed by atoms with E-state index < -0.39 is 0 Å². The molecular formula is C19H21Cl2N3OS2. The number of aryl methyl sites for hydroxylation is 1. The Balaban J connectivity index is 1.94. The predicted octanol–water partition coefficient (Wildman–Crippen LogP) is 5.70. The zero-order valence-electron chi connectivity index (χ0n) is 15.4. The summed E-state index contributed by atoms with van der Waals surface area (Å²) in [4.78, 5) is 24.5. The Morgan fingerprint density at radius 2 is 1.96 bits per heavy atom. The van der Waals surface area contributed by atoms with Crippen LogP contribution in [0.3, 0.4) is 0 Å². The van der Waals surface area contributed by atoms with E-state index in [0.717, 1.165) is 46.2 Å². The molecule has 2 heterocycles. The van der Waals surface area contributed by atoms with Crippen molar-refractivity contribution in [3.63, 3.8) is 0 Å². The second kappa shape index (κ2) is 8.97. The molecule has 27 heavy (non-hydrogen) atoms. The van der Waals surface area contributed by atoms with E-state index in [-0.39, 0.29) is 5.56 Å². The highest BCUT2D eigenvalue weighted by atomic mass is 35.5. The second-order valence-corrected chi connectivity index (χ2v) is 9.19. The maximum Gasteiger partial charge on any atom is 0.260 e. The van der Waals surface area contributed by atoms with Crippen molar-refractivity contribution in [3.8, 4) is 11.1 Å². The first-order chi connectivity index (χ1) is 12.9. The highest BCUT2D eigenvalue weighted by Gasteiger charge is 2.17. The molecule has 4 nitrogen and oxygen atoms in total. The van der Waals surface area contributed by atoms with Crippen molar-refractivity contribution >= 4 is 56.5 Å². The van der Waals surface area contributed by atoms with Crippen molar-refractivity contribution in [2.24, 2.45) is 0 Å². The third kappa shape index (κ3) is 4.51. The summed E-state index contributed by atoms with van der Waals surface area (Å²) in [6.07, 6.45) is 0. The maximum absolute atomic E-state index is 12.8. The molecule has 0 aliphatic carbocycles. The zero-order chi connectivity index (χ0) is 19.6. The van der Waals surface area contributed by atoms with E-state index in [1.54, 1.807) is 23.9 Å². The molecule has 2 aromatic heterocycles. The van der Waals surface area contributed by atoms with Crippen LogP contribution >= 0.6 is 46.3 Å². The Kier molecular flexibility index (Phi) is 6.87. The molecule has 8 heteroatoms. The first-order valence-corrected chi connectivity index (χ1v) is 11.3. The first kappa shape index (κ1) is 20.7. The van der Waals surface area contributed by atoms with Crippen molar-refractivity contribution in [3.05, 3.63) is 43.5 Å². The molecular weight excluding hydrogens is 421 g/mol. The first-order valence-electron chi connectivity index (χ1n) is 8.78. The number of nitrogens with zero attached hydrogens (tertiary/aromatic N) is 2. The molecule has 3 rings (SSSR count). The van der Waals surface area contributed by atoms with Crippen LogP contribution in [0, 0.1) is 6.92 Å². The van der Waals surface area contributed by atoms with Gasteiger partial charge < -0.3 is 9.88 Å². The summed E-state index contributed by atoms with van der Waals surface area (Å²) in [7, 11) is 0. The number of hydrogen-bond donors (Lipinski definition) is 1. The largest absolute Gasteiger partial charge is 0.303 e. The van der Waals surface area contributed by atoms with E-state index in [2.05, 4.69) is 28.7 Å². The molecule has 0 bridgehead atoms. The molecule has 0 aliphatic heterocycles. The van der Waals surface area contributed by atoms with Gasteiger partial charge in [-0.1, -0.05) is 54.9 Å². The minimum absolute atomic E-state index is 0.115. The third-order valence-corrected chi connectivity index (χ3v) is 7.06. The topological polar surface area (TPSA) is 49.0 Å². The average Bonchev–Trinajstić information content (AvgIpc) is 2.97. The molecule has 0 fully saturated rings. The van der Waals surface area contributed by atoms with Crippen LogP contribution in [-0.4, -0.2) is 40.3 Å². The summed E-state index contributed by atoms with van der Waals surface area (Å²) >= 11 is 15.3. The van der Waals surface area contributed by atoms with Crippen molar-refractivity contribution < 1.29 is 0 Å². The van der Waals surface area contributed by atoms with Gasteiger partial charge in [0.1, 0.15) is 4.83 Å². The summed E-state index contributed by atoms with van der Waals surface area (Å²) in [6, 6.07) is 5.43. The fourth-order valence-electron chi connectivity index (χ4n) is 2.98. The lowest BCUT2D eigenvalue weighted by Crippen LogP contribution is -2.25. The number of H-pyrrole nitrogens is 1. The SMILES string of the molecule is CCN(CC)CCSc1nc2sc(C)c(-c3ccc(Cl)c(Cl)c3)c2c(=O)[nH]1. The number of hydrogen-bond acceptors (Lipinski definition) is 5. The van der Waals surface area contributed by atoms with E-state index in [4.69, 9.17) is 23.2 Å². The summed E-state index contributed by atoms with van der Waals surface area (Å²) in [5, 5.41) is 2.25. The minimum atomic E-state index is -0.115. The monoisotopic (exact) mass is 441 g/mol. The van der Waals surface area contributed by atoms with Gasteiger partial charge in [0.25, 0.3) is 5.56 Å². The number of aromatic amines is 1. The van der Waals surface area contributed by atoms with Crippen LogP contribution in [0.2, 0.25) is 10.0 Å². The van der Waals surface area contributed by atoms with Gasteiger partial charge in [-0.05, 0) is 37.7 Å². The number of thioether (sulfide) groups is 1. The molecule has 0 saturated heterocycles. The normalized spacial score (nSPS) is 11.6. The molecule has 144 valence electrons. The van der Waals surface area contributed by atoms with E-state index in [1.165, 1.54) is 11.3 Å². The van der Waals surface area contributed by atoms with Gasteiger partial charge in [-0.2, -0.15) is 0 Å². The zero-order valence-corrected chi connectivity index (χ0v) is 18.6. The maximum atomic E-state index is 12.8. The van der Waals surface area contributed by atoms with E-state index >= 15 is 0 Å². The fraction of sp³-hybridized carbons (Fsp3) is 0.368. The Morgan fingerprint density at radius 1 is 1.22 bits per heavy atom. The lowest BCUT2D eigenvalue weighted by atomic mass is 10.0. The molecule has 1 aromatic carbocycles. The lowest BCUT2D eigenvalue weighted by molar-refractivity contribution is 0.324. The van der Waals surface area contributed by atoms with E-state index in [1.807, 2.05) is 13.0 Å². The van der Waals surface area contributed by atoms with E-state index in [0.29, 0.717) is 20.6 Å². The summed E-state index contributed by atoms with van der Waals surface area (Å²) in [5.74, 6) is 0.889. The summed E-state index contributed by atoms with van der Waals surface area (Å²) in [6.45, 7) is 9.32. The molecule has 0 unspecified atom stereocenters. The Labute approximate surface area is 176 Å². The van der Waals surface area contributed by atoms with E-state index in [9.17, 15) is 4.79 Å². The third-order valence-electron chi connectivity index (χ3n) is 4.47. The second-order valence-electron chi connectivity index (χ2n) is 6.09. The molecule has 3 aromatic rings. The van der Waals surface area contributed by atoms with Gasteiger partial charge in [0.2, 0.25) is 0 Å². The highest BCUT2D eigenvalue weighted by Crippen LogP contribution is 2.38. The van der Waals surface area contributed by atoms with Gasteiger partial charge >= 0.3 is 0 Å². The Morgan fingerprint density at radius 3 is 2.63 bits per heavy atom. The summed E-state index contributed by atoms with van der Waals surface area (Å²) < 4.78 is 0. The van der Waals surface area contributed by atoms with Gasteiger partial charge in [0.05, 0.1) is 15.4 Å². The standard InChI is InChI=1S/C19H21Cl2N3OS2/c1-4-24(5-2)8-9-26-19-22-17(25)16-15(11(3)27-18(16)23-19)12-6-7-13(20)14(21)10-12/h6-7,10H,4-5,8-9H2,1-3H3,(H,22,23,25). The quantitative estimate of drug-likeness (QED) is 0.377. The number of benzene rings is 1. The molecule has 0 spiro atoms. The van der Waals surface area contributed by atoms with Crippen molar-refractivity contribution in [1.29, 1.82) is 0 Å². The molecule has 0 aliphatic rings. The Hall–Kier alpha value is -1.05. The number of nitrogens with one attached hydrogen (secondary N) is 1. The smallest absolute Gasteiger partial charge is 0.260 e. The fourth-order valence-corrected chi connectivity index (χ4v) is 5.24. The highest BCUT2D eigenvalue weighted by molar-refractivity contribution is 7.99. The van der Waals surface area contributed by atoms with Crippen LogP contribution in [-0.2, 0) is 0 Å². The number of thiophene rings is 1. The van der Waals surface area contributed by atoms with Gasteiger partial charge in [0, 0.05) is 22.7 Å². The average molecular weight is 442 g/mol. The van der Waals surface area contributed by atoms with Gasteiger partial charge in [0.15, 0.2) is 5.16 Å². The van der Waals surface area contributed by atoms with Crippen molar-refractivity contribution in [1.82, 2.24) is 14.9 Å². The number of aromatic nitrogens is 2. The van der Waals surface area contributed by atoms with Crippen LogP contribution in [0.25, 0.3) is 21.3 Å². The number of fused-ring (bicyclic) bond motifs is 1. The predicted molar refractivity (Wildman–Crippen MR) is 119 cm³/mol. The number of halogens is 2.